The summed E-state index contributed by atoms with van der Waals surface area (Å²) in [6.45, 7) is 13.7. The Kier molecular flexibility index (Phi) is 8.06. The van der Waals surface area contributed by atoms with Crippen molar-refractivity contribution in [2.24, 2.45) is 5.92 Å². The van der Waals surface area contributed by atoms with Crippen LogP contribution in [0.4, 0.5) is 0 Å². The molecule has 2 unspecified atom stereocenters. The fraction of sp³-hybridized carbons (Fsp3) is 0.476. The molecule has 1 aromatic carbocycles. The molecular formula is C21H31NO4. The molecule has 144 valence electrons. The lowest BCUT2D eigenvalue weighted by molar-refractivity contribution is -0.129. The number of benzene rings is 1. The quantitative estimate of drug-likeness (QED) is 0.283. The lowest BCUT2D eigenvalue weighted by Gasteiger charge is -2.34. The van der Waals surface area contributed by atoms with Gasteiger partial charge in [-0.2, -0.15) is 0 Å². The Balaban J connectivity index is 2.93. The first kappa shape index (κ1) is 21.9. The van der Waals surface area contributed by atoms with Crippen molar-refractivity contribution in [2.75, 3.05) is 0 Å². The Morgan fingerprint density at radius 1 is 1.35 bits per heavy atom. The van der Waals surface area contributed by atoms with E-state index in [-0.39, 0.29) is 29.0 Å². The molecule has 0 saturated heterocycles. The fourth-order valence-electron chi connectivity index (χ4n) is 2.53. The summed E-state index contributed by atoms with van der Waals surface area (Å²) in [5.74, 6) is -0.534. The molecular weight excluding hydrogens is 330 g/mol. The molecule has 26 heavy (non-hydrogen) atoms. The van der Waals surface area contributed by atoms with Gasteiger partial charge in [-0.1, -0.05) is 32.1 Å². The van der Waals surface area contributed by atoms with Gasteiger partial charge in [0.05, 0.1) is 6.10 Å². The van der Waals surface area contributed by atoms with Crippen LogP contribution in [0.5, 0.6) is 11.5 Å². The van der Waals surface area contributed by atoms with E-state index in [0.29, 0.717) is 12.0 Å². The largest absolute Gasteiger partial charge is 0.504 e. The van der Waals surface area contributed by atoms with Gasteiger partial charge in [0.15, 0.2) is 11.5 Å². The smallest absolute Gasteiger partial charge is 0.335 e. The van der Waals surface area contributed by atoms with Crippen molar-refractivity contribution in [3.05, 3.63) is 48.6 Å². The van der Waals surface area contributed by atoms with Crippen molar-refractivity contribution >= 4 is 5.97 Å². The number of phenols is 1. The fourth-order valence-corrected chi connectivity index (χ4v) is 2.53. The SMILES string of the molecule is C=CC/C=C/C(=O)Oc1ccc(C(O)C(NC(C)(C)C)C(C)C)cc1O. The van der Waals surface area contributed by atoms with Gasteiger partial charge in [-0.05, 0) is 50.8 Å². The summed E-state index contributed by atoms with van der Waals surface area (Å²) in [6.07, 6.45) is 4.32. The van der Waals surface area contributed by atoms with Crippen molar-refractivity contribution in [3.63, 3.8) is 0 Å². The molecule has 5 heteroatoms. The summed E-state index contributed by atoms with van der Waals surface area (Å²) < 4.78 is 5.11. The number of aliphatic hydroxyl groups excluding tert-OH is 1. The number of ether oxygens (including phenoxy) is 1. The van der Waals surface area contributed by atoms with E-state index in [0.717, 1.165) is 0 Å². The highest BCUT2D eigenvalue weighted by atomic mass is 16.5. The number of carbonyl (C=O) groups is 1. The number of hydrogen-bond acceptors (Lipinski definition) is 5. The first-order chi connectivity index (χ1) is 12.0. The number of nitrogens with one attached hydrogen (secondary N) is 1. The standard InChI is InChI=1S/C21H31NO4/c1-7-8-9-10-18(24)26-17-12-11-15(13-16(17)23)20(25)19(14(2)3)22-21(4,5)6/h7,9-14,19-20,22-23,25H,1,8H2,2-6H3/b10-9+. The highest BCUT2D eigenvalue weighted by molar-refractivity contribution is 5.84. The molecule has 0 aliphatic rings. The second-order valence-corrected chi connectivity index (χ2v) is 7.68. The molecule has 0 saturated carbocycles. The molecule has 0 bridgehead atoms. The second-order valence-electron chi connectivity index (χ2n) is 7.68. The molecule has 0 amide bonds. The van der Waals surface area contributed by atoms with E-state index >= 15 is 0 Å². The topological polar surface area (TPSA) is 78.8 Å². The molecule has 0 aromatic heterocycles. The van der Waals surface area contributed by atoms with Gasteiger partial charge < -0.3 is 20.3 Å². The zero-order valence-corrected chi connectivity index (χ0v) is 16.3. The van der Waals surface area contributed by atoms with Crippen LogP contribution in [0.3, 0.4) is 0 Å². The van der Waals surface area contributed by atoms with Gasteiger partial charge in [0.2, 0.25) is 0 Å². The van der Waals surface area contributed by atoms with Crippen LogP contribution < -0.4 is 10.1 Å². The molecule has 1 rings (SSSR count). The Hall–Kier alpha value is -2.11. The van der Waals surface area contributed by atoms with Crippen LogP contribution in [0.1, 0.15) is 52.7 Å². The molecule has 5 nitrogen and oxygen atoms in total. The Labute approximate surface area is 156 Å². The van der Waals surface area contributed by atoms with Gasteiger partial charge in [-0.15, -0.1) is 6.58 Å². The van der Waals surface area contributed by atoms with Crippen molar-refractivity contribution in [1.29, 1.82) is 0 Å². The van der Waals surface area contributed by atoms with Crippen LogP contribution in [-0.2, 0) is 4.79 Å². The Bertz CT molecular complexity index is 644. The minimum Gasteiger partial charge on any atom is -0.504 e. The van der Waals surface area contributed by atoms with Gasteiger partial charge in [0.1, 0.15) is 0 Å². The van der Waals surface area contributed by atoms with Crippen LogP contribution in [0.25, 0.3) is 0 Å². The van der Waals surface area contributed by atoms with Crippen LogP contribution in [0.2, 0.25) is 0 Å². The van der Waals surface area contributed by atoms with Gasteiger partial charge in [0.25, 0.3) is 0 Å². The minimum absolute atomic E-state index is 0.0547. The van der Waals surface area contributed by atoms with Gasteiger partial charge in [-0.25, -0.2) is 4.79 Å². The van der Waals surface area contributed by atoms with Gasteiger partial charge >= 0.3 is 5.97 Å². The lowest BCUT2D eigenvalue weighted by atomic mass is 9.91. The van der Waals surface area contributed by atoms with Crippen LogP contribution >= 0.6 is 0 Å². The molecule has 2 atom stereocenters. The number of phenolic OH excluding ortho intramolecular Hbond substituents is 1. The Morgan fingerprint density at radius 2 is 2.00 bits per heavy atom. The zero-order chi connectivity index (χ0) is 19.9. The number of allylic oxidation sites excluding steroid dienone is 2. The predicted octanol–water partition coefficient (Wildman–Crippen LogP) is 3.88. The Morgan fingerprint density at radius 3 is 2.50 bits per heavy atom. The minimum atomic E-state index is -0.808. The molecule has 3 N–H and O–H groups in total. The summed E-state index contributed by atoms with van der Waals surface area (Å²) in [5.41, 5.74) is 0.394. The summed E-state index contributed by atoms with van der Waals surface area (Å²) >= 11 is 0. The van der Waals surface area contributed by atoms with Crippen molar-refractivity contribution < 1.29 is 19.7 Å². The maximum Gasteiger partial charge on any atom is 0.335 e. The summed E-state index contributed by atoms with van der Waals surface area (Å²) in [5, 5.41) is 24.3. The van der Waals surface area contributed by atoms with Crippen molar-refractivity contribution in [1.82, 2.24) is 5.32 Å². The summed E-state index contributed by atoms with van der Waals surface area (Å²) in [6, 6.07) is 4.38. The first-order valence-corrected chi connectivity index (χ1v) is 8.83. The monoisotopic (exact) mass is 361 g/mol. The van der Waals surface area contributed by atoms with Crippen molar-refractivity contribution in [3.8, 4) is 11.5 Å². The number of aliphatic hydroxyl groups is 1. The van der Waals surface area contributed by atoms with Gasteiger partial charge in [0, 0.05) is 17.7 Å². The predicted molar refractivity (Wildman–Crippen MR) is 104 cm³/mol. The van der Waals surface area contributed by atoms with E-state index in [2.05, 4.69) is 11.9 Å². The zero-order valence-electron chi connectivity index (χ0n) is 16.3. The summed E-state index contributed by atoms with van der Waals surface area (Å²) in [7, 11) is 0. The normalized spacial score (nSPS) is 14.4. The number of carbonyl (C=O) groups excluding carboxylic acids is 1. The molecule has 0 fully saturated rings. The van der Waals surface area contributed by atoms with E-state index < -0.39 is 12.1 Å². The van der Waals surface area contributed by atoms with E-state index in [1.165, 1.54) is 18.2 Å². The maximum absolute atomic E-state index is 11.7. The highest BCUT2D eigenvalue weighted by Gasteiger charge is 2.28. The van der Waals surface area contributed by atoms with Crippen LogP contribution in [-0.4, -0.2) is 27.8 Å². The third-order valence-electron chi connectivity index (χ3n) is 3.75. The molecule has 0 radical (unpaired) electrons. The first-order valence-electron chi connectivity index (χ1n) is 8.83. The second kappa shape index (κ2) is 9.55. The van der Waals surface area contributed by atoms with E-state index in [1.54, 1.807) is 18.2 Å². The molecule has 0 aliphatic carbocycles. The van der Waals surface area contributed by atoms with E-state index in [4.69, 9.17) is 4.74 Å². The lowest BCUT2D eigenvalue weighted by Crippen LogP contribution is -2.49. The molecule has 0 heterocycles. The van der Waals surface area contributed by atoms with Crippen molar-refractivity contribution in [2.45, 2.75) is 58.7 Å². The number of rotatable bonds is 8. The van der Waals surface area contributed by atoms with E-state index in [1.807, 2.05) is 34.6 Å². The van der Waals surface area contributed by atoms with E-state index in [9.17, 15) is 15.0 Å². The summed E-state index contributed by atoms with van der Waals surface area (Å²) in [4.78, 5) is 11.7. The highest BCUT2D eigenvalue weighted by Crippen LogP contribution is 2.32. The maximum atomic E-state index is 11.7. The third kappa shape index (κ3) is 7.02. The average Bonchev–Trinajstić information content (AvgIpc) is 2.53. The van der Waals surface area contributed by atoms with Gasteiger partial charge in [-0.3, -0.25) is 0 Å². The third-order valence-corrected chi connectivity index (χ3v) is 3.75. The van der Waals surface area contributed by atoms with Crippen LogP contribution in [0, 0.1) is 5.92 Å². The number of esters is 1. The van der Waals surface area contributed by atoms with Crippen LogP contribution in [0.15, 0.2) is 43.0 Å². The molecule has 0 aliphatic heterocycles. The molecule has 0 spiro atoms. The number of hydrogen-bond donors (Lipinski definition) is 3. The number of aromatic hydroxyl groups is 1. The average molecular weight is 361 g/mol. The molecule has 1 aromatic rings.